The van der Waals surface area contributed by atoms with Gasteiger partial charge in [-0.05, 0) is 63.5 Å². The van der Waals surface area contributed by atoms with Crippen molar-refractivity contribution in [3.8, 4) is 11.5 Å². The number of nitrogens with zero attached hydrogens (tertiary/aromatic N) is 2. The van der Waals surface area contributed by atoms with Gasteiger partial charge in [0.1, 0.15) is 17.3 Å². The Labute approximate surface area is 192 Å². The highest BCUT2D eigenvalue weighted by Crippen LogP contribution is 2.43. The molecule has 3 rings (SSSR count). The van der Waals surface area contributed by atoms with E-state index in [0.717, 1.165) is 6.54 Å². The van der Waals surface area contributed by atoms with Gasteiger partial charge in [-0.25, -0.2) is 0 Å². The zero-order valence-electron chi connectivity index (χ0n) is 18.6. The maximum absolute atomic E-state index is 13.1. The summed E-state index contributed by atoms with van der Waals surface area (Å²) < 4.78 is 10.8. The Morgan fingerprint density at radius 1 is 1.09 bits per heavy atom. The lowest BCUT2D eigenvalue weighted by atomic mass is 9.94. The average molecular weight is 459 g/mol. The second kappa shape index (κ2) is 10.1. The van der Waals surface area contributed by atoms with Gasteiger partial charge in [-0.3, -0.25) is 9.59 Å². The highest BCUT2D eigenvalue weighted by molar-refractivity contribution is 6.46. The number of ether oxygens (including phenoxy) is 2. The fourth-order valence-corrected chi connectivity index (χ4v) is 3.92. The standard InChI is InChI=1S/C24H27ClN2O5/c1-26(2)12-5-13-27-21(18-11-10-17(31-3)14-19(18)32-4)20(23(29)24(27)30)22(28)15-6-8-16(25)9-7-15/h6-11,14,21,28H,5,12-13H2,1-4H3. The average Bonchev–Trinajstić information content (AvgIpc) is 3.03. The molecule has 1 fully saturated rings. The number of halogens is 1. The molecule has 0 saturated carbocycles. The van der Waals surface area contributed by atoms with Crippen LogP contribution < -0.4 is 9.47 Å². The molecular weight excluding hydrogens is 432 g/mol. The summed E-state index contributed by atoms with van der Waals surface area (Å²) in [6.45, 7) is 1.09. The van der Waals surface area contributed by atoms with Gasteiger partial charge >= 0.3 is 0 Å². The van der Waals surface area contributed by atoms with E-state index in [4.69, 9.17) is 21.1 Å². The third-order valence-electron chi connectivity index (χ3n) is 5.40. The second-order valence-electron chi connectivity index (χ2n) is 7.76. The summed E-state index contributed by atoms with van der Waals surface area (Å²) in [5, 5.41) is 11.6. The van der Waals surface area contributed by atoms with Gasteiger partial charge in [-0.2, -0.15) is 0 Å². The summed E-state index contributed by atoms with van der Waals surface area (Å²) in [5.74, 6) is -0.603. The van der Waals surface area contributed by atoms with E-state index in [1.807, 2.05) is 19.0 Å². The number of rotatable bonds is 8. The van der Waals surface area contributed by atoms with E-state index in [1.54, 1.807) is 49.6 Å². The Morgan fingerprint density at radius 2 is 1.78 bits per heavy atom. The van der Waals surface area contributed by atoms with Crippen LogP contribution in [0, 0.1) is 0 Å². The number of hydrogen-bond acceptors (Lipinski definition) is 6. The van der Waals surface area contributed by atoms with Crippen LogP contribution in [0.1, 0.15) is 23.6 Å². The number of hydrogen-bond donors (Lipinski definition) is 1. The molecule has 1 amide bonds. The van der Waals surface area contributed by atoms with Crippen LogP contribution in [0.25, 0.3) is 5.76 Å². The molecule has 2 aromatic carbocycles. The Bertz CT molecular complexity index is 1030. The quantitative estimate of drug-likeness (QED) is 0.369. The van der Waals surface area contributed by atoms with Gasteiger partial charge in [0, 0.05) is 28.8 Å². The number of likely N-dealkylation sites (tertiary alicyclic amines) is 1. The lowest BCUT2D eigenvalue weighted by Crippen LogP contribution is -2.32. The summed E-state index contributed by atoms with van der Waals surface area (Å²) in [6.07, 6.45) is 0.663. The minimum absolute atomic E-state index is 0.0191. The number of aliphatic hydroxyl groups excluding tert-OH is 1. The van der Waals surface area contributed by atoms with Crippen LogP contribution in [0.3, 0.4) is 0 Å². The first-order valence-electron chi connectivity index (χ1n) is 10.2. The molecule has 1 unspecified atom stereocenters. The molecule has 1 aliphatic heterocycles. The molecule has 7 nitrogen and oxygen atoms in total. The van der Waals surface area contributed by atoms with Crippen LogP contribution >= 0.6 is 11.6 Å². The normalized spacial score (nSPS) is 17.8. The van der Waals surface area contributed by atoms with E-state index in [1.165, 1.54) is 12.0 Å². The van der Waals surface area contributed by atoms with Crippen LogP contribution in [0.4, 0.5) is 0 Å². The molecule has 0 spiro atoms. The largest absolute Gasteiger partial charge is 0.507 e. The zero-order valence-corrected chi connectivity index (χ0v) is 19.3. The van der Waals surface area contributed by atoms with Gasteiger partial charge < -0.3 is 24.4 Å². The molecule has 170 valence electrons. The molecule has 0 aliphatic carbocycles. The van der Waals surface area contributed by atoms with Gasteiger partial charge in [0.15, 0.2) is 0 Å². The predicted octanol–water partition coefficient (Wildman–Crippen LogP) is 3.73. The van der Waals surface area contributed by atoms with Crippen LogP contribution in [-0.2, 0) is 9.59 Å². The lowest BCUT2D eigenvalue weighted by molar-refractivity contribution is -0.140. The first kappa shape index (κ1) is 23.6. The first-order chi connectivity index (χ1) is 15.3. The molecule has 1 N–H and O–H groups in total. The summed E-state index contributed by atoms with van der Waals surface area (Å²) in [7, 11) is 6.94. The number of carbonyl (C=O) groups excluding carboxylic acids is 2. The molecule has 2 aromatic rings. The smallest absolute Gasteiger partial charge is 0.295 e. The van der Waals surface area contributed by atoms with E-state index in [9.17, 15) is 14.7 Å². The Morgan fingerprint density at radius 3 is 2.38 bits per heavy atom. The predicted molar refractivity (Wildman–Crippen MR) is 123 cm³/mol. The second-order valence-corrected chi connectivity index (χ2v) is 8.20. The van der Waals surface area contributed by atoms with Crippen molar-refractivity contribution in [1.82, 2.24) is 9.80 Å². The molecule has 1 atom stereocenters. The topological polar surface area (TPSA) is 79.3 Å². The highest BCUT2D eigenvalue weighted by atomic mass is 35.5. The zero-order chi connectivity index (χ0) is 23.4. The van der Waals surface area contributed by atoms with Crippen LogP contribution in [0.15, 0.2) is 48.0 Å². The lowest BCUT2D eigenvalue weighted by Gasteiger charge is -2.27. The van der Waals surface area contributed by atoms with Crippen LogP contribution in [0.2, 0.25) is 5.02 Å². The molecule has 0 aromatic heterocycles. The van der Waals surface area contributed by atoms with Crippen LogP contribution in [-0.4, -0.2) is 68.0 Å². The number of methoxy groups -OCH3 is 2. The van der Waals surface area contributed by atoms with Crippen molar-refractivity contribution < 1.29 is 24.2 Å². The fourth-order valence-electron chi connectivity index (χ4n) is 3.80. The minimum atomic E-state index is -0.798. The highest BCUT2D eigenvalue weighted by Gasteiger charge is 2.46. The Hall–Kier alpha value is -3.03. The molecule has 0 radical (unpaired) electrons. The van der Waals surface area contributed by atoms with Crippen molar-refractivity contribution in [2.75, 3.05) is 41.4 Å². The molecule has 1 heterocycles. The number of Topliss-reactive ketones (excluding diaryl/α,β-unsaturated/α-hetero) is 1. The van der Waals surface area contributed by atoms with Crippen molar-refractivity contribution in [3.05, 3.63) is 64.2 Å². The van der Waals surface area contributed by atoms with E-state index in [0.29, 0.717) is 40.6 Å². The fraction of sp³-hybridized carbons (Fsp3) is 0.333. The van der Waals surface area contributed by atoms with E-state index < -0.39 is 17.7 Å². The number of amides is 1. The maximum atomic E-state index is 13.1. The third kappa shape index (κ3) is 4.74. The molecule has 8 heteroatoms. The number of aliphatic hydroxyl groups is 1. The van der Waals surface area contributed by atoms with Crippen molar-refractivity contribution in [2.24, 2.45) is 0 Å². The van der Waals surface area contributed by atoms with Gasteiger partial charge in [-0.15, -0.1) is 0 Å². The number of ketones is 1. The van der Waals surface area contributed by atoms with E-state index >= 15 is 0 Å². The molecule has 1 saturated heterocycles. The van der Waals surface area contributed by atoms with Gasteiger partial charge in [-0.1, -0.05) is 11.6 Å². The third-order valence-corrected chi connectivity index (χ3v) is 5.65. The van der Waals surface area contributed by atoms with Crippen LogP contribution in [0.5, 0.6) is 11.5 Å². The van der Waals surface area contributed by atoms with Crippen molar-refractivity contribution in [3.63, 3.8) is 0 Å². The van der Waals surface area contributed by atoms with Gasteiger partial charge in [0.05, 0.1) is 25.8 Å². The monoisotopic (exact) mass is 458 g/mol. The summed E-state index contributed by atoms with van der Waals surface area (Å²) >= 11 is 5.97. The maximum Gasteiger partial charge on any atom is 0.295 e. The van der Waals surface area contributed by atoms with Crippen molar-refractivity contribution in [1.29, 1.82) is 0 Å². The van der Waals surface area contributed by atoms with E-state index in [2.05, 4.69) is 0 Å². The summed E-state index contributed by atoms with van der Waals surface area (Å²) in [6, 6.07) is 10.8. The molecular formula is C24H27ClN2O5. The Kier molecular flexibility index (Phi) is 7.43. The number of carbonyl (C=O) groups is 2. The number of benzene rings is 2. The van der Waals surface area contributed by atoms with Gasteiger partial charge in [0.25, 0.3) is 11.7 Å². The summed E-state index contributed by atoms with van der Waals surface area (Å²) in [4.78, 5) is 29.6. The van der Waals surface area contributed by atoms with Gasteiger partial charge in [0.2, 0.25) is 0 Å². The van der Waals surface area contributed by atoms with E-state index in [-0.39, 0.29) is 11.3 Å². The molecule has 32 heavy (non-hydrogen) atoms. The molecule has 0 bridgehead atoms. The summed E-state index contributed by atoms with van der Waals surface area (Å²) in [5.41, 5.74) is 1.01. The van der Waals surface area contributed by atoms with Crippen molar-refractivity contribution in [2.45, 2.75) is 12.5 Å². The minimum Gasteiger partial charge on any atom is -0.507 e. The Balaban J connectivity index is 2.16. The molecule has 1 aliphatic rings. The first-order valence-corrected chi connectivity index (χ1v) is 10.6. The SMILES string of the molecule is COc1ccc(C2C(=C(O)c3ccc(Cl)cc3)C(=O)C(=O)N2CCCN(C)C)c(OC)c1. The van der Waals surface area contributed by atoms with Crippen molar-refractivity contribution >= 4 is 29.1 Å².